The lowest BCUT2D eigenvalue weighted by atomic mass is 10.1. The average molecular weight is 419 g/mol. The molecule has 0 aliphatic heterocycles. The Bertz CT molecular complexity index is 460. The van der Waals surface area contributed by atoms with Gasteiger partial charge in [0, 0.05) is 22.0 Å². The van der Waals surface area contributed by atoms with Crippen LogP contribution < -0.4 is 0 Å². The van der Waals surface area contributed by atoms with E-state index >= 15 is 0 Å². The van der Waals surface area contributed by atoms with Crippen LogP contribution in [0, 0.1) is 11.8 Å². The Morgan fingerprint density at radius 1 is 1.05 bits per heavy atom. The Morgan fingerprint density at radius 2 is 1.57 bits per heavy atom. The number of carbonyl (C=O) groups is 1. The van der Waals surface area contributed by atoms with Crippen molar-refractivity contribution in [2.75, 3.05) is 13.1 Å². The maximum atomic E-state index is 12.8. The summed E-state index contributed by atoms with van der Waals surface area (Å²) in [4.78, 5) is 14.8. The molecule has 1 aromatic rings. The van der Waals surface area contributed by atoms with Crippen LogP contribution >= 0.6 is 31.9 Å². The number of rotatable bonds is 7. The van der Waals surface area contributed by atoms with Gasteiger partial charge in [-0.3, -0.25) is 4.79 Å². The molecule has 1 rings (SSSR count). The Labute approximate surface area is 145 Å². The topological polar surface area (TPSA) is 20.3 Å². The number of nitrogens with zero attached hydrogens (tertiary/aromatic N) is 1. The van der Waals surface area contributed by atoms with E-state index in [1.807, 2.05) is 23.1 Å². The van der Waals surface area contributed by atoms with E-state index in [0.29, 0.717) is 11.8 Å². The molecular weight excluding hydrogens is 394 g/mol. The molecular formula is C17H25Br2NO. The van der Waals surface area contributed by atoms with Gasteiger partial charge < -0.3 is 4.90 Å². The van der Waals surface area contributed by atoms with E-state index in [2.05, 4.69) is 59.6 Å². The first kappa shape index (κ1) is 18.7. The van der Waals surface area contributed by atoms with E-state index in [4.69, 9.17) is 0 Å². The summed E-state index contributed by atoms with van der Waals surface area (Å²) >= 11 is 6.93. The Balaban J connectivity index is 2.86. The van der Waals surface area contributed by atoms with E-state index in [1.54, 1.807) is 0 Å². The molecule has 1 amide bonds. The van der Waals surface area contributed by atoms with Gasteiger partial charge in [-0.2, -0.15) is 0 Å². The highest BCUT2D eigenvalue weighted by atomic mass is 79.9. The number of carbonyl (C=O) groups excluding carboxylic acids is 1. The molecule has 0 atom stereocenters. The second-order valence-electron chi connectivity index (χ2n) is 6.28. The molecule has 0 fully saturated rings. The Kier molecular flexibility index (Phi) is 7.96. The number of benzene rings is 1. The number of halogens is 2. The largest absolute Gasteiger partial charge is 0.339 e. The van der Waals surface area contributed by atoms with Crippen LogP contribution in [0.5, 0.6) is 0 Å². The normalized spacial score (nSPS) is 11.2. The average Bonchev–Trinajstić information content (AvgIpc) is 2.37. The first-order valence-electron chi connectivity index (χ1n) is 7.55. The molecule has 0 heterocycles. The second kappa shape index (κ2) is 8.94. The quantitative estimate of drug-likeness (QED) is 0.552. The molecule has 2 nitrogen and oxygen atoms in total. The summed E-state index contributed by atoms with van der Waals surface area (Å²) in [6, 6.07) is 5.73. The lowest BCUT2D eigenvalue weighted by Gasteiger charge is -2.25. The molecule has 0 N–H and O–H groups in total. The number of hydrogen-bond donors (Lipinski definition) is 0. The fourth-order valence-electron chi connectivity index (χ4n) is 1.98. The summed E-state index contributed by atoms with van der Waals surface area (Å²) in [5.74, 6) is 1.33. The van der Waals surface area contributed by atoms with Crippen molar-refractivity contribution in [2.24, 2.45) is 11.8 Å². The maximum absolute atomic E-state index is 12.8. The van der Waals surface area contributed by atoms with E-state index in [1.165, 1.54) is 0 Å². The molecule has 4 heteroatoms. The van der Waals surface area contributed by atoms with Gasteiger partial charge in [-0.15, -0.1) is 0 Å². The number of amides is 1. The van der Waals surface area contributed by atoms with E-state index < -0.39 is 0 Å². The second-order valence-corrected chi connectivity index (χ2v) is 8.05. The molecule has 0 unspecified atom stereocenters. The van der Waals surface area contributed by atoms with Gasteiger partial charge in [0.15, 0.2) is 0 Å². The first-order chi connectivity index (χ1) is 9.81. The summed E-state index contributed by atoms with van der Waals surface area (Å²) in [7, 11) is 0. The molecule has 0 aromatic heterocycles. The smallest absolute Gasteiger partial charge is 0.254 e. The fraction of sp³-hybridized carbons (Fsp3) is 0.588. The van der Waals surface area contributed by atoms with Gasteiger partial charge in [-0.1, -0.05) is 43.6 Å². The van der Waals surface area contributed by atoms with Crippen molar-refractivity contribution < 1.29 is 4.79 Å². The highest BCUT2D eigenvalue weighted by Gasteiger charge is 2.18. The predicted molar refractivity (Wildman–Crippen MR) is 96.7 cm³/mol. The van der Waals surface area contributed by atoms with Crippen molar-refractivity contribution in [1.82, 2.24) is 4.90 Å². The third-order valence-electron chi connectivity index (χ3n) is 3.40. The van der Waals surface area contributed by atoms with Crippen molar-refractivity contribution >= 4 is 37.8 Å². The van der Waals surface area contributed by atoms with Crippen molar-refractivity contribution in [2.45, 2.75) is 40.5 Å². The maximum Gasteiger partial charge on any atom is 0.254 e. The fourth-order valence-corrected chi connectivity index (χ4v) is 3.19. The van der Waals surface area contributed by atoms with E-state index in [0.717, 1.165) is 40.4 Å². The van der Waals surface area contributed by atoms with Gasteiger partial charge in [-0.25, -0.2) is 0 Å². The van der Waals surface area contributed by atoms with Crippen molar-refractivity contribution in [3.8, 4) is 0 Å². The zero-order valence-electron chi connectivity index (χ0n) is 13.3. The lowest BCUT2D eigenvalue weighted by Crippen LogP contribution is -2.34. The molecule has 0 spiro atoms. The molecule has 1 aromatic carbocycles. The first-order valence-corrected chi connectivity index (χ1v) is 9.14. The Hall–Kier alpha value is -0.350. The standard InChI is InChI=1S/C17H25Br2NO/c1-12(2)7-9-20(10-8-13(3)4)17(21)15-6-5-14(18)11-16(15)19/h5-6,11-13H,7-10H2,1-4H3. The van der Waals surface area contributed by atoms with Crippen LogP contribution in [-0.2, 0) is 0 Å². The van der Waals surface area contributed by atoms with Crippen LogP contribution in [0.4, 0.5) is 0 Å². The number of hydrogen-bond acceptors (Lipinski definition) is 1. The van der Waals surface area contributed by atoms with Gasteiger partial charge >= 0.3 is 0 Å². The highest BCUT2D eigenvalue weighted by molar-refractivity contribution is 9.11. The van der Waals surface area contributed by atoms with Gasteiger partial charge in [0.05, 0.1) is 5.56 Å². The van der Waals surface area contributed by atoms with Crippen LogP contribution in [0.3, 0.4) is 0 Å². The zero-order valence-corrected chi connectivity index (χ0v) is 16.5. The summed E-state index contributed by atoms with van der Waals surface area (Å²) in [5, 5.41) is 0. The monoisotopic (exact) mass is 417 g/mol. The molecule has 0 saturated carbocycles. The van der Waals surface area contributed by atoms with Crippen LogP contribution in [0.15, 0.2) is 27.1 Å². The van der Waals surface area contributed by atoms with Gasteiger partial charge in [-0.05, 0) is 58.8 Å². The summed E-state index contributed by atoms with van der Waals surface area (Å²) in [6.45, 7) is 10.4. The van der Waals surface area contributed by atoms with Crippen LogP contribution in [0.1, 0.15) is 50.9 Å². The molecule has 118 valence electrons. The van der Waals surface area contributed by atoms with Crippen LogP contribution in [-0.4, -0.2) is 23.9 Å². The van der Waals surface area contributed by atoms with Crippen molar-refractivity contribution in [1.29, 1.82) is 0 Å². The third kappa shape index (κ3) is 6.52. The van der Waals surface area contributed by atoms with Crippen LogP contribution in [0.2, 0.25) is 0 Å². The van der Waals surface area contributed by atoms with E-state index in [-0.39, 0.29) is 5.91 Å². The minimum absolute atomic E-state index is 0.121. The lowest BCUT2D eigenvalue weighted by molar-refractivity contribution is 0.0740. The molecule has 0 saturated heterocycles. The third-order valence-corrected chi connectivity index (χ3v) is 4.55. The van der Waals surface area contributed by atoms with Gasteiger partial charge in [0.1, 0.15) is 0 Å². The predicted octanol–water partition coefficient (Wildman–Crippen LogP) is 5.75. The van der Waals surface area contributed by atoms with Crippen molar-refractivity contribution in [3.05, 3.63) is 32.7 Å². The molecule has 0 radical (unpaired) electrons. The van der Waals surface area contributed by atoms with Crippen LogP contribution in [0.25, 0.3) is 0 Å². The summed E-state index contributed by atoms with van der Waals surface area (Å²) in [6.07, 6.45) is 2.08. The minimum Gasteiger partial charge on any atom is -0.339 e. The molecule has 0 aliphatic carbocycles. The molecule has 21 heavy (non-hydrogen) atoms. The Morgan fingerprint density at radius 3 is 2.00 bits per heavy atom. The van der Waals surface area contributed by atoms with Crippen molar-refractivity contribution in [3.63, 3.8) is 0 Å². The van der Waals surface area contributed by atoms with E-state index in [9.17, 15) is 4.79 Å². The SMILES string of the molecule is CC(C)CCN(CCC(C)C)C(=O)c1ccc(Br)cc1Br. The van der Waals surface area contributed by atoms with Gasteiger partial charge in [0.25, 0.3) is 5.91 Å². The summed E-state index contributed by atoms with van der Waals surface area (Å²) in [5.41, 5.74) is 0.741. The minimum atomic E-state index is 0.121. The summed E-state index contributed by atoms with van der Waals surface area (Å²) < 4.78 is 1.82. The van der Waals surface area contributed by atoms with Gasteiger partial charge in [0.2, 0.25) is 0 Å². The highest BCUT2D eigenvalue weighted by Crippen LogP contribution is 2.23. The zero-order chi connectivity index (χ0) is 16.0. The molecule has 0 aliphatic rings. The molecule has 0 bridgehead atoms.